The van der Waals surface area contributed by atoms with Crippen molar-refractivity contribution in [2.24, 2.45) is 0 Å². The third kappa shape index (κ3) is 6.16. The van der Waals surface area contributed by atoms with Crippen molar-refractivity contribution in [2.45, 2.75) is 18.7 Å². The first-order valence-corrected chi connectivity index (χ1v) is 12.0. The summed E-state index contributed by atoms with van der Waals surface area (Å²) < 4.78 is 33.7. The molecule has 2 N–H and O–H groups in total. The highest BCUT2D eigenvalue weighted by atomic mass is 35.5. The van der Waals surface area contributed by atoms with Crippen LogP contribution in [0, 0.1) is 13.8 Å². The quantitative estimate of drug-likeness (QED) is 0.422. The standard InChI is InChI=1S/C23H22Cl2N2O4S/c1-15-4-3-5-18(12-15)27-32(29,30)22-13-17(7-9-20(22)24)23(28)26-10-11-31-19-8-6-16(2)21(25)14-19/h3-9,12-14,27H,10-11H2,1-2H3,(H,26,28). The van der Waals surface area contributed by atoms with Gasteiger partial charge in [0.1, 0.15) is 17.3 Å². The van der Waals surface area contributed by atoms with Crippen LogP contribution in [0.3, 0.4) is 0 Å². The van der Waals surface area contributed by atoms with Crippen molar-refractivity contribution in [1.29, 1.82) is 0 Å². The minimum absolute atomic E-state index is 0.0151. The van der Waals surface area contributed by atoms with E-state index in [1.807, 2.05) is 26.0 Å². The first-order chi connectivity index (χ1) is 15.2. The maximum atomic E-state index is 12.8. The lowest BCUT2D eigenvalue weighted by Crippen LogP contribution is -2.28. The molecule has 6 nitrogen and oxygen atoms in total. The van der Waals surface area contributed by atoms with Gasteiger partial charge in [0.15, 0.2) is 0 Å². The summed E-state index contributed by atoms with van der Waals surface area (Å²) in [7, 11) is -3.98. The maximum absolute atomic E-state index is 12.8. The average Bonchev–Trinajstić information content (AvgIpc) is 2.73. The molecule has 0 aliphatic heterocycles. The first kappa shape index (κ1) is 23.9. The molecule has 0 aliphatic rings. The Morgan fingerprint density at radius 2 is 1.75 bits per heavy atom. The SMILES string of the molecule is Cc1cccc(NS(=O)(=O)c2cc(C(=O)NCCOc3ccc(C)c(Cl)c3)ccc2Cl)c1. The fraction of sp³-hybridized carbons (Fsp3) is 0.174. The third-order valence-electron chi connectivity index (χ3n) is 4.55. The Bertz CT molecular complexity index is 1250. The van der Waals surface area contributed by atoms with E-state index in [4.69, 9.17) is 27.9 Å². The van der Waals surface area contributed by atoms with Crippen LogP contribution in [0.5, 0.6) is 5.75 Å². The molecule has 0 atom stereocenters. The van der Waals surface area contributed by atoms with Crippen LogP contribution < -0.4 is 14.8 Å². The van der Waals surface area contributed by atoms with Gasteiger partial charge in [0.05, 0.1) is 11.6 Å². The van der Waals surface area contributed by atoms with Crippen molar-refractivity contribution in [3.8, 4) is 5.75 Å². The summed E-state index contributed by atoms with van der Waals surface area (Å²) in [6.45, 7) is 4.19. The number of hydrogen-bond donors (Lipinski definition) is 2. The minimum Gasteiger partial charge on any atom is -0.492 e. The molecule has 3 aromatic carbocycles. The fourth-order valence-corrected chi connectivity index (χ4v) is 4.61. The summed E-state index contributed by atoms with van der Waals surface area (Å²) >= 11 is 12.2. The molecule has 32 heavy (non-hydrogen) atoms. The van der Waals surface area contributed by atoms with Crippen LogP contribution in [-0.2, 0) is 10.0 Å². The number of nitrogens with one attached hydrogen (secondary N) is 2. The van der Waals surface area contributed by atoms with E-state index >= 15 is 0 Å². The van der Waals surface area contributed by atoms with Gasteiger partial charge in [-0.3, -0.25) is 9.52 Å². The van der Waals surface area contributed by atoms with E-state index in [-0.39, 0.29) is 28.6 Å². The zero-order valence-electron chi connectivity index (χ0n) is 17.5. The molecule has 3 aromatic rings. The van der Waals surface area contributed by atoms with E-state index in [9.17, 15) is 13.2 Å². The van der Waals surface area contributed by atoms with Gasteiger partial charge in [-0.25, -0.2) is 8.42 Å². The fourth-order valence-electron chi connectivity index (χ4n) is 2.87. The van der Waals surface area contributed by atoms with Gasteiger partial charge in [0, 0.05) is 16.3 Å². The first-order valence-electron chi connectivity index (χ1n) is 9.72. The number of aryl methyl sites for hydroxylation is 2. The zero-order chi connectivity index (χ0) is 23.3. The Hall–Kier alpha value is -2.74. The normalized spacial score (nSPS) is 11.1. The Morgan fingerprint density at radius 1 is 0.969 bits per heavy atom. The summed E-state index contributed by atoms with van der Waals surface area (Å²) in [6.07, 6.45) is 0. The minimum atomic E-state index is -3.98. The predicted octanol–water partition coefficient (Wildman–Crippen LogP) is 5.22. The number of ether oxygens (including phenoxy) is 1. The van der Waals surface area contributed by atoms with Gasteiger partial charge in [-0.2, -0.15) is 0 Å². The Labute approximate surface area is 197 Å². The smallest absolute Gasteiger partial charge is 0.263 e. The molecule has 0 radical (unpaired) electrons. The molecular weight excluding hydrogens is 471 g/mol. The summed E-state index contributed by atoms with van der Waals surface area (Å²) in [5.74, 6) is 0.149. The average molecular weight is 493 g/mol. The van der Waals surface area contributed by atoms with Gasteiger partial charge in [-0.05, 0) is 67.4 Å². The second-order valence-electron chi connectivity index (χ2n) is 7.14. The van der Waals surface area contributed by atoms with Crippen molar-refractivity contribution in [2.75, 3.05) is 17.9 Å². The van der Waals surface area contributed by atoms with Gasteiger partial charge in [-0.1, -0.05) is 41.4 Å². The second kappa shape index (κ2) is 10.3. The number of rotatable bonds is 8. The lowest BCUT2D eigenvalue weighted by atomic mass is 10.2. The number of hydrogen-bond acceptors (Lipinski definition) is 4. The van der Waals surface area contributed by atoms with Crippen LogP contribution in [-0.4, -0.2) is 27.5 Å². The Kier molecular flexibility index (Phi) is 7.66. The van der Waals surface area contributed by atoms with E-state index in [1.54, 1.807) is 30.3 Å². The van der Waals surface area contributed by atoms with Gasteiger partial charge < -0.3 is 10.1 Å². The summed E-state index contributed by atoms with van der Waals surface area (Å²) in [6, 6.07) is 16.4. The molecule has 0 unspecified atom stereocenters. The number of carbonyl (C=O) groups excluding carboxylic acids is 1. The third-order valence-corrected chi connectivity index (χ3v) is 6.82. The summed E-state index contributed by atoms with van der Waals surface area (Å²) in [4.78, 5) is 12.3. The van der Waals surface area contributed by atoms with Crippen molar-refractivity contribution >= 4 is 44.8 Å². The molecule has 0 fully saturated rings. The largest absolute Gasteiger partial charge is 0.492 e. The molecule has 9 heteroatoms. The number of benzene rings is 3. The number of carbonyl (C=O) groups is 1. The number of amides is 1. The maximum Gasteiger partial charge on any atom is 0.263 e. The Morgan fingerprint density at radius 3 is 2.47 bits per heavy atom. The highest BCUT2D eigenvalue weighted by Gasteiger charge is 2.20. The van der Waals surface area contributed by atoms with Crippen LogP contribution in [0.15, 0.2) is 65.6 Å². The molecule has 0 aliphatic carbocycles. The summed E-state index contributed by atoms with van der Waals surface area (Å²) in [5.41, 5.74) is 2.42. The van der Waals surface area contributed by atoms with E-state index in [1.165, 1.54) is 18.2 Å². The molecule has 168 valence electrons. The number of sulfonamides is 1. The molecule has 0 saturated heterocycles. The predicted molar refractivity (Wildman–Crippen MR) is 127 cm³/mol. The van der Waals surface area contributed by atoms with E-state index in [2.05, 4.69) is 10.0 Å². The highest BCUT2D eigenvalue weighted by molar-refractivity contribution is 7.92. The van der Waals surface area contributed by atoms with Crippen LogP contribution in [0.25, 0.3) is 0 Å². The molecule has 3 rings (SSSR count). The van der Waals surface area contributed by atoms with Crippen molar-refractivity contribution < 1.29 is 17.9 Å². The van der Waals surface area contributed by atoms with Crippen LogP contribution in [0.1, 0.15) is 21.5 Å². The van der Waals surface area contributed by atoms with Gasteiger partial charge >= 0.3 is 0 Å². The second-order valence-corrected chi connectivity index (χ2v) is 9.60. The van der Waals surface area contributed by atoms with E-state index in [0.717, 1.165) is 11.1 Å². The van der Waals surface area contributed by atoms with Crippen molar-refractivity contribution in [1.82, 2.24) is 5.32 Å². The molecule has 0 heterocycles. The lowest BCUT2D eigenvalue weighted by molar-refractivity contribution is 0.0947. The summed E-state index contributed by atoms with van der Waals surface area (Å²) in [5, 5.41) is 3.31. The van der Waals surface area contributed by atoms with Gasteiger partial charge in [0.25, 0.3) is 15.9 Å². The molecule has 0 spiro atoms. The van der Waals surface area contributed by atoms with E-state index < -0.39 is 15.9 Å². The lowest BCUT2D eigenvalue weighted by Gasteiger charge is -2.12. The van der Waals surface area contributed by atoms with E-state index in [0.29, 0.717) is 16.5 Å². The molecular formula is C23H22Cl2N2O4S. The van der Waals surface area contributed by atoms with Crippen LogP contribution >= 0.6 is 23.2 Å². The Balaban J connectivity index is 1.64. The van der Waals surface area contributed by atoms with Gasteiger partial charge in [-0.15, -0.1) is 0 Å². The zero-order valence-corrected chi connectivity index (χ0v) is 19.8. The number of anilines is 1. The van der Waals surface area contributed by atoms with Crippen molar-refractivity contribution in [3.05, 3.63) is 87.4 Å². The number of halogens is 2. The van der Waals surface area contributed by atoms with Crippen LogP contribution in [0.4, 0.5) is 5.69 Å². The molecule has 0 aromatic heterocycles. The van der Waals surface area contributed by atoms with Crippen LogP contribution in [0.2, 0.25) is 10.0 Å². The molecule has 0 saturated carbocycles. The molecule has 0 bridgehead atoms. The van der Waals surface area contributed by atoms with Crippen molar-refractivity contribution in [3.63, 3.8) is 0 Å². The molecule has 1 amide bonds. The highest BCUT2D eigenvalue weighted by Crippen LogP contribution is 2.25. The monoisotopic (exact) mass is 492 g/mol. The van der Waals surface area contributed by atoms with Gasteiger partial charge in [0.2, 0.25) is 0 Å². The topological polar surface area (TPSA) is 84.5 Å².